The van der Waals surface area contributed by atoms with Crippen molar-refractivity contribution in [1.82, 2.24) is 14.8 Å². The van der Waals surface area contributed by atoms with Crippen LogP contribution in [0.3, 0.4) is 0 Å². The minimum Gasteiger partial charge on any atom is -0.322 e. The van der Waals surface area contributed by atoms with Gasteiger partial charge in [0.15, 0.2) is 5.82 Å². The predicted octanol–water partition coefficient (Wildman–Crippen LogP) is 4.45. The Morgan fingerprint density at radius 2 is 1.78 bits per heavy atom. The molecule has 8 nitrogen and oxygen atoms in total. The molecule has 3 rings (SSSR count). The van der Waals surface area contributed by atoms with Gasteiger partial charge in [-0.3, -0.25) is 14.9 Å². The van der Waals surface area contributed by atoms with Crippen LogP contribution in [0.25, 0.3) is 11.4 Å². The van der Waals surface area contributed by atoms with Crippen LogP contribution in [0.4, 0.5) is 11.4 Å². The molecule has 1 N–H and O–H groups in total. The SMILES string of the molecule is O=C(Cn1cnc(-c2ccc([N+](=O)[O-])cc2)n1)Nc1c(Cl)cc(Cl)cc1Cl. The number of benzene rings is 2. The smallest absolute Gasteiger partial charge is 0.269 e. The molecule has 0 radical (unpaired) electrons. The fourth-order valence-electron chi connectivity index (χ4n) is 2.22. The van der Waals surface area contributed by atoms with Crippen molar-refractivity contribution in [1.29, 1.82) is 0 Å². The van der Waals surface area contributed by atoms with Gasteiger partial charge in [0.1, 0.15) is 12.9 Å². The van der Waals surface area contributed by atoms with E-state index in [9.17, 15) is 14.9 Å². The van der Waals surface area contributed by atoms with Gasteiger partial charge in [0.25, 0.3) is 5.69 Å². The number of amides is 1. The molecule has 0 aliphatic rings. The Balaban J connectivity index is 1.70. The minimum absolute atomic E-state index is 0.0331. The molecule has 1 aromatic heterocycles. The highest BCUT2D eigenvalue weighted by Gasteiger charge is 2.13. The molecule has 27 heavy (non-hydrogen) atoms. The van der Waals surface area contributed by atoms with E-state index in [1.807, 2.05) is 0 Å². The van der Waals surface area contributed by atoms with Crippen molar-refractivity contribution < 1.29 is 9.72 Å². The van der Waals surface area contributed by atoms with Gasteiger partial charge in [-0.05, 0) is 24.3 Å². The Labute approximate surface area is 167 Å². The summed E-state index contributed by atoms with van der Waals surface area (Å²) in [6.07, 6.45) is 1.38. The number of hydrogen-bond acceptors (Lipinski definition) is 5. The molecule has 0 fully saturated rings. The van der Waals surface area contributed by atoms with Gasteiger partial charge in [-0.25, -0.2) is 9.67 Å². The quantitative estimate of drug-likeness (QED) is 0.479. The summed E-state index contributed by atoms with van der Waals surface area (Å²) in [5.41, 5.74) is 0.807. The Kier molecular flexibility index (Phi) is 5.59. The lowest BCUT2D eigenvalue weighted by molar-refractivity contribution is -0.384. The van der Waals surface area contributed by atoms with E-state index in [0.717, 1.165) is 0 Å². The highest BCUT2D eigenvalue weighted by molar-refractivity contribution is 6.42. The lowest BCUT2D eigenvalue weighted by atomic mass is 10.2. The normalized spacial score (nSPS) is 10.6. The van der Waals surface area contributed by atoms with Crippen LogP contribution in [0.1, 0.15) is 0 Å². The number of halogens is 3. The third-order valence-corrected chi connectivity index (χ3v) is 4.26. The van der Waals surface area contributed by atoms with E-state index < -0.39 is 10.8 Å². The van der Waals surface area contributed by atoms with Crippen LogP contribution in [-0.4, -0.2) is 25.6 Å². The number of nitro groups is 1. The summed E-state index contributed by atoms with van der Waals surface area (Å²) in [5, 5.41) is 18.3. The zero-order chi connectivity index (χ0) is 19.6. The average Bonchev–Trinajstić information content (AvgIpc) is 3.06. The molecule has 1 heterocycles. The monoisotopic (exact) mass is 425 g/mol. The molecule has 2 aromatic carbocycles. The van der Waals surface area contributed by atoms with Gasteiger partial charge in [0, 0.05) is 22.7 Å². The predicted molar refractivity (Wildman–Crippen MR) is 102 cm³/mol. The standard InChI is InChI=1S/C16H10Cl3N5O3/c17-10-5-12(18)15(13(19)6-10)21-14(25)7-23-8-20-16(22-23)9-1-3-11(4-2-9)24(26)27/h1-6,8H,7H2,(H,21,25). The summed E-state index contributed by atoms with van der Waals surface area (Å²) in [6.45, 7) is -0.130. The molecule has 0 saturated carbocycles. The Bertz CT molecular complexity index is 997. The van der Waals surface area contributed by atoms with E-state index in [1.54, 1.807) is 0 Å². The molecular weight excluding hydrogens is 417 g/mol. The van der Waals surface area contributed by atoms with E-state index in [1.165, 1.54) is 47.4 Å². The number of nitrogens with one attached hydrogen (secondary N) is 1. The van der Waals surface area contributed by atoms with Gasteiger partial charge in [-0.1, -0.05) is 34.8 Å². The number of rotatable bonds is 5. The van der Waals surface area contributed by atoms with Crippen LogP contribution < -0.4 is 5.32 Å². The van der Waals surface area contributed by atoms with E-state index in [0.29, 0.717) is 16.4 Å². The number of nitrogens with zero attached hydrogens (tertiary/aromatic N) is 4. The maximum absolute atomic E-state index is 12.2. The second kappa shape index (κ2) is 7.91. The van der Waals surface area contributed by atoms with Crippen molar-refractivity contribution in [3.8, 4) is 11.4 Å². The number of hydrogen-bond donors (Lipinski definition) is 1. The minimum atomic E-state index is -0.493. The first-order valence-electron chi connectivity index (χ1n) is 7.42. The lowest BCUT2D eigenvalue weighted by Crippen LogP contribution is -2.19. The van der Waals surface area contributed by atoms with Gasteiger partial charge >= 0.3 is 0 Å². The fourth-order valence-corrected chi connectivity index (χ4v) is 3.13. The number of anilines is 1. The van der Waals surface area contributed by atoms with Crippen LogP contribution in [0.2, 0.25) is 15.1 Å². The second-order valence-electron chi connectivity index (χ2n) is 5.36. The van der Waals surface area contributed by atoms with E-state index >= 15 is 0 Å². The van der Waals surface area contributed by atoms with Gasteiger partial charge in [-0.2, -0.15) is 5.10 Å². The second-order valence-corrected chi connectivity index (χ2v) is 6.61. The van der Waals surface area contributed by atoms with Gasteiger partial charge in [0.2, 0.25) is 5.91 Å². The summed E-state index contributed by atoms with van der Waals surface area (Å²) in [7, 11) is 0. The van der Waals surface area contributed by atoms with Crippen molar-refractivity contribution in [3.63, 3.8) is 0 Å². The van der Waals surface area contributed by atoms with Gasteiger partial charge in [0.05, 0.1) is 20.7 Å². The topological polar surface area (TPSA) is 103 Å². The third-order valence-electron chi connectivity index (χ3n) is 3.45. The number of non-ortho nitro benzene ring substituents is 1. The molecule has 0 aliphatic heterocycles. The van der Waals surface area contributed by atoms with E-state index in [-0.39, 0.29) is 28.0 Å². The molecule has 3 aromatic rings. The molecule has 1 amide bonds. The molecule has 138 valence electrons. The highest BCUT2D eigenvalue weighted by atomic mass is 35.5. The Hall–Kier alpha value is -2.68. The first kappa shape index (κ1) is 19.1. The van der Waals surface area contributed by atoms with Crippen LogP contribution in [0, 0.1) is 10.1 Å². The molecule has 0 aliphatic carbocycles. The Morgan fingerprint density at radius 3 is 2.37 bits per heavy atom. The first-order valence-corrected chi connectivity index (χ1v) is 8.55. The van der Waals surface area contributed by atoms with Crippen molar-refractivity contribution in [3.05, 3.63) is 67.9 Å². The largest absolute Gasteiger partial charge is 0.322 e. The summed E-state index contributed by atoms with van der Waals surface area (Å²) in [6, 6.07) is 8.70. The van der Waals surface area contributed by atoms with Crippen LogP contribution >= 0.6 is 34.8 Å². The number of carbonyl (C=O) groups is 1. The lowest BCUT2D eigenvalue weighted by Gasteiger charge is -2.09. The zero-order valence-corrected chi connectivity index (χ0v) is 15.7. The van der Waals surface area contributed by atoms with E-state index in [4.69, 9.17) is 34.8 Å². The van der Waals surface area contributed by atoms with Crippen LogP contribution in [0.15, 0.2) is 42.7 Å². The summed E-state index contributed by atoms with van der Waals surface area (Å²) in [4.78, 5) is 26.5. The fraction of sp³-hybridized carbons (Fsp3) is 0.0625. The van der Waals surface area contributed by atoms with Crippen molar-refractivity contribution in [2.45, 2.75) is 6.54 Å². The summed E-state index contributed by atoms with van der Waals surface area (Å²) < 4.78 is 1.32. The van der Waals surface area contributed by atoms with Crippen molar-refractivity contribution >= 4 is 52.1 Å². The average molecular weight is 427 g/mol. The third kappa shape index (κ3) is 4.54. The van der Waals surface area contributed by atoms with E-state index in [2.05, 4.69) is 15.4 Å². The maximum atomic E-state index is 12.2. The first-order chi connectivity index (χ1) is 12.8. The van der Waals surface area contributed by atoms with Crippen LogP contribution in [-0.2, 0) is 11.3 Å². The molecule has 0 unspecified atom stereocenters. The van der Waals surface area contributed by atoms with Gasteiger partial charge in [-0.15, -0.1) is 0 Å². The van der Waals surface area contributed by atoms with Crippen LogP contribution in [0.5, 0.6) is 0 Å². The molecule has 0 bridgehead atoms. The molecular formula is C16H10Cl3N5O3. The molecule has 0 atom stereocenters. The summed E-state index contributed by atoms with van der Waals surface area (Å²) >= 11 is 17.9. The molecule has 0 spiro atoms. The Morgan fingerprint density at radius 1 is 1.15 bits per heavy atom. The van der Waals surface area contributed by atoms with Crippen molar-refractivity contribution in [2.75, 3.05) is 5.32 Å². The number of nitro benzene ring substituents is 1. The summed E-state index contributed by atoms with van der Waals surface area (Å²) in [5.74, 6) is -0.0819. The molecule has 11 heteroatoms. The molecule has 0 saturated heterocycles. The maximum Gasteiger partial charge on any atom is 0.269 e. The van der Waals surface area contributed by atoms with Gasteiger partial charge < -0.3 is 5.32 Å². The number of carbonyl (C=O) groups excluding carboxylic acids is 1. The zero-order valence-electron chi connectivity index (χ0n) is 13.4. The number of aromatic nitrogens is 3. The van der Waals surface area contributed by atoms with Crippen molar-refractivity contribution in [2.24, 2.45) is 0 Å². The highest BCUT2D eigenvalue weighted by Crippen LogP contribution is 2.33.